The number of carboxylic acids is 2. The second kappa shape index (κ2) is 25.8. The molecule has 3 unspecified atom stereocenters. The van der Waals surface area contributed by atoms with Crippen molar-refractivity contribution in [3.05, 3.63) is 140 Å². The number of aryl methyl sites for hydroxylation is 3. The van der Waals surface area contributed by atoms with Gasteiger partial charge in [-0.05, 0) is 118 Å². The predicted molar refractivity (Wildman–Crippen MR) is 315 cm³/mol. The Bertz CT molecular complexity index is 3780. The van der Waals surface area contributed by atoms with Gasteiger partial charge < -0.3 is 52.3 Å². The van der Waals surface area contributed by atoms with Gasteiger partial charge in [0.25, 0.3) is 11.5 Å². The number of hydrogen-bond donors (Lipinski definition) is 11. The number of H-pyrrole nitrogens is 3. The van der Waals surface area contributed by atoms with E-state index in [-0.39, 0.29) is 83.2 Å². The fourth-order valence-electron chi connectivity index (χ4n) is 10.6. The van der Waals surface area contributed by atoms with Crippen LogP contribution in [-0.2, 0) is 38.6 Å². The second-order valence-electron chi connectivity index (χ2n) is 20.7. The monoisotopic (exact) mass is 1120 g/mol. The van der Waals surface area contributed by atoms with E-state index in [1.807, 2.05) is 45.9 Å². The highest BCUT2D eigenvalue weighted by Crippen LogP contribution is 2.44. The summed E-state index contributed by atoms with van der Waals surface area (Å²) < 4.78 is 0. The number of nitrogens with zero attached hydrogens (tertiary/aromatic N) is 5. The molecule has 2 aliphatic rings. The molecule has 3 amide bonds. The van der Waals surface area contributed by atoms with Gasteiger partial charge in [-0.25, -0.2) is 19.7 Å². The van der Waals surface area contributed by atoms with Crippen molar-refractivity contribution in [2.45, 2.75) is 123 Å². The summed E-state index contributed by atoms with van der Waals surface area (Å²) >= 11 is 0. The first kappa shape index (κ1) is 58.7. The number of aliphatic carboxylic acids is 2. The molecule has 0 spiro atoms. The van der Waals surface area contributed by atoms with Crippen molar-refractivity contribution in [2.24, 2.45) is 0 Å². The highest BCUT2D eigenvalue weighted by molar-refractivity contribution is 6.24. The number of amides is 3. The number of carbonyl (C=O) groups is 5. The number of carboxylic acid groups (broad SMARTS) is 2. The van der Waals surface area contributed by atoms with Crippen LogP contribution in [0.1, 0.15) is 151 Å². The minimum absolute atomic E-state index is 0.0283. The molecule has 0 radical (unpaired) electrons. The molecule has 0 saturated carbocycles. The Morgan fingerprint density at radius 3 is 2.16 bits per heavy atom. The van der Waals surface area contributed by atoms with Gasteiger partial charge in [-0.15, -0.1) is 0 Å². The maximum absolute atomic E-state index is 13.5. The van der Waals surface area contributed by atoms with Crippen molar-refractivity contribution in [1.82, 2.24) is 55.8 Å². The number of aliphatic hydroxyl groups excluding tert-OH is 1. The molecule has 8 rings (SSSR count). The molecule has 6 aromatic rings. The number of allylic oxidation sites excluding steroid dienone is 1. The summed E-state index contributed by atoms with van der Waals surface area (Å²) in [6, 6.07) is 11.5. The smallest absolute Gasteiger partial charge is 0.338 e. The number of aromatic amines is 3. The van der Waals surface area contributed by atoms with Crippen LogP contribution in [0.15, 0.2) is 72.4 Å². The van der Waals surface area contributed by atoms with Gasteiger partial charge >= 0.3 is 11.9 Å². The maximum atomic E-state index is 13.5. The van der Waals surface area contributed by atoms with Crippen LogP contribution in [0.25, 0.3) is 50.5 Å². The molecule has 8 bridgehead atoms. The molecule has 2 aliphatic heterocycles. The van der Waals surface area contributed by atoms with E-state index < -0.39 is 41.8 Å². The molecule has 22 heteroatoms. The van der Waals surface area contributed by atoms with E-state index in [0.717, 1.165) is 57.2 Å². The highest BCUT2D eigenvalue weighted by atomic mass is 16.4. The van der Waals surface area contributed by atoms with E-state index in [4.69, 9.17) is 15.7 Å². The third kappa shape index (κ3) is 13.4. The minimum atomic E-state index is -1.24. The quantitative estimate of drug-likeness (QED) is 0.0201. The number of rotatable bonds is 24. The van der Waals surface area contributed by atoms with E-state index in [1.165, 1.54) is 6.20 Å². The molecule has 0 saturated heterocycles. The molecule has 0 fully saturated rings. The highest BCUT2D eigenvalue weighted by Gasteiger charge is 2.36. The number of anilines is 2. The number of benzene rings is 1. The van der Waals surface area contributed by atoms with Crippen LogP contribution in [0.4, 0.5) is 11.6 Å². The Balaban J connectivity index is 0.827. The van der Waals surface area contributed by atoms with Gasteiger partial charge in [0.1, 0.15) is 5.76 Å². The first-order valence-corrected chi connectivity index (χ1v) is 27.4. The predicted octanol–water partition coefficient (Wildman–Crippen LogP) is 8.11. The second-order valence-corrected chi connectivity index (χ2v) is 20.7. The Morgan fingerprint density at radius 1 is 0.817 bits per heavy atom. The standard InChI is InChI=1S/C60H69N13O9/c1-8-38-30(3)43-25-45-32(5)40(53(69-45)41(24-51(77)78)54-52(59(81)82)33(6)46(70-54)27-48-39(9-2)31(4)44(68-48)26-47(38)67-43)18-20-49(75)62-22-12-10-11-13-23-63-50(76)21-19-42(34(7)74)71-57(79)35-14-16-36(17-15-35)64-28-37-29-65-56-55(66-37)58(80)73-60(61)72-56/h8,14-17,25-27,29,32,40,42,64,67-68,74H,1,7,9-13,18-24,28H2,2-6H3,(H,62,75)(H,63,76)(H,71,79)(H,77,78)(H,81,82)(H3,61,65,72,73,80). The summed E-state index contributed by atoms with van der Waals surface area (Å²) in [7, 11) is 0. The van der Waals surface area contributed by atoms with Crippen molar-refractivity contribution in [2.75, 3.05) is 24.1 Å². The lowest BCUT2D eigenvalue weighted by Crippen LogP contribution is -2.37. The number of unbranched alkanes of at least 4 members (excludes halogenated alkanes) is 3. The van der Waals surface area contributed by atoms with E-state index in [2.05, 4.69) is 64.3 Å². The van der Waals surface area contributed by atoms with Gasteiger partial charge in [-0.3, -0.25) is 33.9 Å². The number of aliphatic hydroxyl groups is 1. The Kier molecular flexibility index (Phi) is 18.4. The first-order chi connectivity index (χ1) is 39.2. The van der Waals surface area contributed by atoms with Crippen LogP contribution < -0.4 is 32.6 Å². The molecule has 22 nitrogen and oxygen atoms in total. The summed E-state index contributed by atoms with van der Waals surface area (Å²) in [6.07, 6.45) is 6.94. The van der Waals surface area contributed by atoms with Crippen LogP contribution >= 0.6 is 0 Å². The molecule has 428 valence electrons. The summed E-state index contributed by atoms with van der Waals surface area (Å²) in [5.74, 6) is -4.41. The molecule has 3 atom stereocenters. The van der Waals surface area contributed by atoms with Crippen LogP contribution in [-0.4, -0.2) is 104 Å². The lowest BCUT2D eigenvalue weighted by Gasteiger charge is -2.18. The van der Waals surface area contributed by atoms with E-state index >= 15 is 0 Å². The summed E-state index contributed by atoms with van der Waals surface area (Å²) in [5.41, 5.74) is 15.9. The molecule has 7 heterocycles. The van der Waals surface area contributed by atoms with Gasteiger partial charge in [-0.2, -0.15) is 4.98 Å². The molecule has 0 aliphatic carbocycles. The van der Waals surface area contributed by atoms with Crippen molar-refractivity contribution in [1.29, 1.82) is 0 Å². The van der Waals surface area contributed by atoms with E-state index in [9.17, 15) is 44.1 Å². The molecular formula is C60H69N13O9. The minimum Gasteiger partial charge on any atom is -0.511 e. The van der Waals surface area contributed by atoms with Crippen LogP contribution in [0.3, 0.4) is 0 Å². The summed E-state index contributed by atoms with van der Waals surface area (Å²) in [4.78, 5) is 109. The number of fused-ring (bicyclic) bond motifs is 9. The van der Waals surface area contributed by atoms with Gasteiger partial charge in [0.15, 0.2) is 11.2 Å². The van der Waals surface area contributed by atoms with Crippen molar-refractivity contribution in [3.63, 3.8) is 0 Å². The Morgan fingerprint density at radius 2 is 1.50 bits per heavy atom. The third-order valence-corrected chi connectivity index (χ3v) is 15.2. The number of nitrogens with one attached hydrogen (secondary N) is 7. The molecule has 82 heavy (non-hydrogen) atoms. The summed E-state index contributed by atoms with van der Waals surface area (Å²) in [5, 5.41) is 43.1. The molecular weight excluding hydrogens is 1050 g/mol. The SMILES string of the molecule is C=Cc1c(C)c2cc3nc(c(CC(=O)O)c4nc(cc5[nH]c(cc1[nH]2)c(C)c5CC)C(C)=C4C(=O)O)C(CCC(=O)NCCCCCCNC(=O)CCC(NC(=O)c1ccc(NCc2cnc4nc(N)[nH]c(=O)c4n2)cc1)C(=C)O)C3C. The maximum Gasteiger partial charge on any atom is 0.338 e. The third-order valence-electron chi connectivity index (χ3n) is 15.2. The van der Waals surface area contributed by atoms with Crippen LogP contribution in [0.2, 0.25) is 0 Å². The average Bonchev–Trinajstić information content (AvgIpc) is 3.08. The topological polar surface area (TPSA) is 349 Å². The first-order valence-electron chi connectivity index (χ1n) is 27.4. The van der Waals surface area contributed by atoms with Gasteiger partial charge in [-0.1, -0.05) is 45.9 Å². The largest absolute Gasteiger partial charge is 0.511 e. The molecule has 12 N–H and O–H groups in total. The zero-order chi connectivity index (χ0) is 58.9. The Hall–Kier alpha value is -9.47. The number of hydrogen-bond acceptors (Lipinski definition) is 14. The van der Waals surface area contributed by atoms with E-state index in [0.29, 0.717) is 78.4 Å². The summed E-state index contributed by atoms with van der Waals surface area (Å²) in [6.45, 7) is 18.5. The lowest BCUT2D eigenvalue weighted by molar-refractivity contribution is -0.136. The zero-order valence-electron chi connectivity index (χ0n) is 46.6. The lowest BCUT2D eigenvalue weighted by atomic mass is 9.84. The Labute approximate surface area is 472 Å². The average molecular weight is 1120 g/mol. The fraction of sp³-hybridized carbons (Fsp3) is 0.350. The fourth-order valence-corrected chi connectivity index (χ4v) is 10.6. The molecule has 5 aromatic heterocycles. The van der Waals surface area contributed by atoms with Crippen LogP contribution in [0, 0.1) is 13.8 Å². The number of aromatic nitrogens is 8. The van der Waals surface area contributed by atoms with Crippen LogP contribution in [0.5, 0.6) is 0 Å². The van der Waals surface area contributed by atoms with Crippen molar-refractivity contribution >= 4 is 91.7 Å². The number of nitrogens with two attached hydrogens (primary N) is 1. The van der Waals surface area contributed by atoms with Crippen molar-refractivity contribution in [3.8, 4) is 0 Å². The van der Waals surface area contributed by atoms with Gasteiger partial charge in [0.05, 0.1) is 53.6 Å². The molecule has 1 aromatic carbocycles. The van der Waals surface area contributed by atoms with E-state index in [1.54, 1.807) is 37.3 Å². The zero-order valence-corrected chi connectivity index (χ0v) is 46.6. The number of nitrogen functional groups attached to an aromatic ring is 1. The van der Waals surface area contributed by atoms with Gasteiger partial charge in [0, 0.05) is 87.9 Å². The normalized spacial score (nSPS) is 14.3. The van der Waals surface area contributed by atoms with Gasteiger partial charge in [0.2, 0.25) is 17.8 Å². The number of carbonyl (C=O) groups excluding carboxylic acids is 3. The van der Waals surface area contributed by atoms with Crippen molar-refractivity contribution < 1.29 is 39.3 Å².